The van der Waals surface area contributed by atoms with Crippen molar-refractivity contribution in [1.82, 2.24) is 19.5 Å². The molecule has 1 N–H and O–H groups in total. The fraction of sp³-hybridized carbons (Fsp3) is 0.316. The van der Waals surface area contributed by atoms with Crippen molar-refractivity contribution in [2.45, 2.75) is 26.8 Å². The largest absolute Gasteiger partial charge is 0.494 e. The summed E-state index contributed by atoms with van der Waals surface area (Å²) < 4.78 is 7.31. The number of nitrogens with one attached hydrogen (secondary N) is 1. The van der Waals surface area contributed by atoms with E-state index < -0.39 is 0 Å². The first-order valence-electron chi connectivity index (χ1n) is 8.76. The first-order valence-corrected chi connectivity index (χ1v) is 8.76. The van der Waals surface area contributed by atoms with Gasteiger partial charge in [-0.15, -0.1) is 0 Å². The number of urea groups is 1. The lowest BCUT2D eigenvalue weighted by Crippen LogP contribution is -2.39. The predicted octanol–water partition coefficient (Wildman–Crippen LogP) is 3.03. The summed E-state index contributed by atoms with van der Waals surface area (Å²) in [6.45, 7) is 5.70. The van der Waals surface area contributed by atoms with Crippen molar-refractivity contribution in [2.75, 3.05) is 18.5 Å². The summed E-state index contributed by atoms with van der Waals surface area (Å²) in [6, 6.07) is 9.25. The third kappa shape index (κ3) is 3.08. The van der Waals surface area contributed by atoms with Crippen LogP contribution in [0.3, 0.4) is 0 Å². The second-order valence-electron chi connectivity index (χ2n) is 6.34. The van der Waals surface area contributed by atoms with Crippen molar-refractivity contribution in [3.05, 3.63) is 53.5 Å². The molecule has 0 unspecified atom stereocenters. The van der Waals surface area contributed by atoms with Gasteiger partial charge in [-0.2, -0.15) is 5.10 Å². The standard InChI is InChI=1S/C19H21N5O2/c1-3-26-16-6-4-15(5-7-16)21-19(25)23-9-8-17-14(12-23)11-20-18-10-13(2)22-24(17)18/h4-7,10-11H,3,8-9,12H2,1-2H3,(H,21,25). The summed E-state index contributed by atoms with van der Waals surface area (Å²) in [6.07, 6.45) is 2.61. The van der Waals surface area contributed by atoms with Crippen LogP contribution in [0.15, 0.2) is 36.5 Å². The van der Waals surface area contributed by atoms with Crippen LogP contribution in [0, 0.1) is 6.92 Å². The molecule has 26 heavy (non-hydrogen) atoms. The van der Waals surface area contributed by atoms with Crippen LogP contribution >= 0.6 is 0 Å². The molecule has 0 radical (unpaired) electrons. The van der Waals surface area contributed by atoms with E-state index in [0.717, 1.165) is 40.5 Å². The highest BCUT2D eigenvalue weighted by Crippen LogP contribution is 2.21. The highest BCUT2D eigenvalue weighted by Gasteiger charge is 2.23. The molecular formula is C19H21N5O2. The van der Waals surface area contributed by atoms with Crippen LogP contribution in [-0.2, 0) is 13.0 Å². The van der Waals surface area contributed by atoms with Crippen LogP contribution < -0.4 is 10.1 Å². The number of benzene rings is 1. The monoisotopic (exact) mass is 351 g/mol. The van der Waals surface area contributed by atoms with Gasteiger partial charge in [0.1, 0.15) is 5.75 Å². The van der Waals surface area contributed by atoms with Gasteiger partial charge in [0.25, 0.3) is 0 Å². The molecule has 7 heteroatoms. The quantitative estimate of drug-likeness (QED) is 0.787. The van der Waals surface area contributed by atoms with Gasteiger partial charge < -0.3 is 15.0 Å². The summed E-state index contributed by atoms with van der Waals surface area (Å²) in [5, 5.41) is 7.45. The maximum Gasteiger partial charge on any atom is 0.322 e. The Kier molecular flexibility index (Phi) is 4.20. The Morgan fingerprint density at radius 1 is 1.31 bits per heavy atom. The predicted molar refractivity (Wildman–Crippen MR) is 98.5 cm³/mol. The Balaban J connectivity index is 1.47. The molecule has 0 fully saturated rings. The van der Waals surface area contributed by atoms with Gasteiger partial charge in [-0.25, -0.2) is 14.3 Å². The van der Waals surface area contributed by atoms with Crippen LogP contribution in [-0.4, -0.2) is 38.7 Å². The smallest absolute Gasteiger partial charge is 0.322 e. The molecule has 2 amide bonds. The molecule has 1 aliphatic heterocycles. The van der Waals surface area contributed by atoms with E-state index in [-0.39, 0.29) is 6.03 Å². The summed E-state index contributed by atoms with van der Waals surface area (Å²) in [4.78, 5) is 18.8. The number of aryl methyl sites for hydroxylation is 1. The number of anilines is 1. The molecule has 4 rings (SSSR count). The van der Waals surface area contributed by atoms with Gasteiger partial charge in [0.15, 0.2) is 5.65 Å². The van der Waals surface area contributed by atoms with Crippen LogP contribution in [0.1, 0.15) is 23.9 Å². The molecule has 0 spiro atoms. The van der Waals surface area contributed by atoms with Gasteiger partial charge in [0, 0.05) is 36.5 Å². The molecule has 3 heterocycles. The van der Waals surface area contributed by atoms with Crippen molar-refractivity contribution in [3.63, 3.8) is 0 Å². The molecule has 1 aromatic carbocycles. The summed E-state index contributed by atoms with van der Waals surface area (Å²) in [5.74, 6) is 0.794. The number of hydrogen-bond donors (Lipinski definition) is 1. The number of rotatable bonds is 3. The van der Waals surface area contributed by atoms with Crippen LogP contribution in [0.4, 0.5) is 10.5 Å². The molecular weight excluding hydrogens is 330 g/mol. The highest BCUT2D eigenvalue weighted by atomic mass is 16.5. The normalized spacial score (nSPS) is 13.5. The second kappa shape index (κ2) is 6.67. The zero-order valence-electron chi connectivity index (χ0n) is 14.9. The summed E-state index contributed by atoms with van der Waals surface area (Å²) >= 11 is 0. The molecule has 3 aromatic rings. The number of carbonyl (C=O) groups excluding carboxylic acids is 1. The minimum atomic E-state index is -0.114. The molecule has 0 saturated heterocycles. The first kappa shape index (κ1) is 16.4. The zero-order chi connectivity index (χ0) is 18.1. The minimum Gasteiger partial charge on any atom is -0.494 e. The highest BCUT2D eigenvalue weighted by molar-refractivity contribution is 5.89. The molecule has 0 aliphatic carbocycles. The number of ether oxygens (including phenoxy) is 1. The third-order valence-electron chi connectivity index (χ3n) is 4.48. The van der Waals surface area contributed by atoms with Crippen molar-refractivity contribution >= 4 is 17.4 Å². The molecule has 0 atom stereocenters. The van der Waals surface area contributed by atoms with Gasteiger partial charge in [-0.3, -0.25) is 0 Å². The summed E-state index contributed by atoms with van der Waals surface area (Å²) in [7, 11) is 0. The average molecular weight is 351 g/mol. The van der Waals surface area contributed by atoms with Gasteiger partial charge in [0.05, 0.1) is 24.5 Å². The van der Waals surface area contributed by atoms with E-state index in [9.17, 15) is 4.79 Å². The van der Waals surface area contributed by atoms with Crippen molar-refractivity contribution in [3.8, 4) is 5.75 Å². The van der Waals surface area contributed by atoms with E-state index in [0.29, 0.717) is 19.7 Å². The maximum absolute atomic E-state index is 12.6. The molecule has 7 nitrogen and oxygen atoms in total. The van der Waals surface area contributed by atoms with Crippen LogP contribution in [0.2, 0.25) is 0 Å². The number of nitrogens with zero attached hydrogens (tertiary/aromatic N) is 4. The lowest BCUT2D eigenvalue weighted by atomic mass is 10.1. The number of hydrogen-bond acceptors (Lipinski definition) is 4. The van der Waals surface area contributed by atoms with E-state index in [1.165, 1.54) is 0 Å². The van der Waals surface area contributed by atoms with Gasteiger partial charge in [-0.1, -0.05) is 0 Å². The van der Waals surface area contributed by atoms with Gasteiger partial charge >= 0.3 is 6.03 Å². The first-order chi connectivity index (χ1) is 12.6. The fourth-order valence-corrected chi connectivity index (χ4v) is 3.23. The van der Waals surface area contributed by atoms with E-state index in [2.05, 4.69) is 15.4 Å². The molecule has 1 aliphatic rings. The Morgan fingerprint density at radius 3 is 2.88 bits per heavy atom. The van der Waals surface area contributed by atoms with Crippen molar-refractivity contribution < 1.29 is 9.53 Å². The van der Waals surface area contributed by atoms with Gasteiger partial charge in [0.2, 0.25) is 0 Å². The second-order valence-corrected chi connectivity index (χ2v) is 6.34. The lowest BCUT2D eigenvalue weighted by Gasteiger charge is -2.28. The fourth-order valence-electron chi connectivity index (χ4n) is 3.23. The number of aromatic nitrogens is 3. The minimum absolute atomic E-state index is 0.114. The molecule has 0 bridgehead atoms. The molecule has 134 valence electrons. The van der Waals surface area contributed by atoms with E-state index in [1.54, 1.807) is 4.90 Å². The maximum atomic E-state index is 12.6. The van der Waals surface area contributed by atoms with Crippen molar-refractivity contribution in [1.29, 1.82) is 0 Å². The van der Waals surface area contributed by atoms with E-state index in [4.69, 9.17) is 4.74 Å². The topological polar surface area (TPSA) is 71.8 Å². The van der Waals surface area contributed by atoms with E-state index in [1.807, 2.05) is 54.9 Å². The van der Waals surface area contributed by atoms with E-state index >= 15 is 0 Å². The number of fused-ring (bicyclic) bond motifs is 3. The van der Waals surface area contributed by atoms with Gasteiger partial charge in [-0.05, 0) is 38.1 Å². The lowest BCUT2D eigenvalue weighted by molar-refractivity contribution is 0.205. The average Bonchev–Trinajstić information content (AvgIpc) is 3.04. The molecule has 0 saturated carbocycles. The number of amides is 2. The van der Waals surface area contributed by atoms with Crippen LogP contribution in [0.5, 0.6) is 5.75 Å². The Hall–Kier alpha value is -3.09. The van der Waals surface area contributed by atoms with Crippen molar-refractivity contribution in [2.24, 2.45) is 0 Å². The Morgan fingerprint density at radius 2 is 2.12 bits per heavy atom. The number of carbonyl (C=O) groups is 1. The van der Waals surface area contributed by atoms with Crippen LogP contribution in [0.25, 0.3) is 5.65 Å². The zero-order valence-corrected chi connectivity index (χ0v) is 14.9. The third-order valence-corrected chi connectivity index (χ3v) is 4.48. The molecule has 2 aromatic heterocycles. The Bertz CT molecular complexity index is 948. The Labute approximate surface area is 151 Å². The summed E-state index contributed by atoms with van der Waals surface area (Å²) in [5.41, 5.74) is 4.72. The SMILES string of the molecule is CCOc1ccc(NC(=O)N2CCc3c(cnc4cc(C)nn34)C2)cc1.